The maximum Gasteiger partial charge on any atom is 0.134 e. The molecule has 0 spiro atoms. The van der Waals surface area contributed by atoms with Crippen molar-refractivity contribution >= 4 is 17.3 Å². The molecule has 0 saturated carbocycles. The Labute approximate surface area is 140 Å². The van der Waals surface area contributed by atoms with E-state index in [-0.39, 0.29) is 5.82 Å². The standard InChI is InChI=1S/C20H19FOS/c21-20-12-16(22-13-14-4-2-1-3-5-14)6-9-19(20)15-10-17-7-8-18(11-15)23-17/h1-6,9-10,12,17-18H,7-8,11,13H2. The third-order valence-corrected chi connectivity index (χ3v) is 6.02. The van der Waals surface area contributed by atoms with E-state index in [0.717, 1.165) is 17.5 Å². The van der Waals surface area contributed by atoms with Crippen LogP contribution in [0.3, 0.4) is 0 Å². The summed E-state index contributed by atoms with van der Waals surface area (Å²) in [7, 11) is 0. The first-order chi connectivity index (χ1) is 11.3. The van der Waals surface area contributed by atoms with Crippen molar-refractivity contribution in [3.63, 3.8) is 0 Å². The SMILES string of the molecule is Fc1cc(OCc2ccccc2)ccc1C1=CC2CCC(C1)S2. The first kappa shape index (κ1) is 14.8. The molecule has 1 fully saturated rings. The van der Waals surface area contributed by atoms with E-state index >= 15 is 0 Å². The topological polar surface area (TPSA) is 9.23 Å². The minimum Gasteiger partial charge on any atom is -0.489 e. The number of hydrogen-bond donors (Lipinski definition) is 0. The molecule has 2 atom stereocenters. The van der Waals surface area contributed by atoms with Gasteiger partial charge in [-0.25, -0.2) is 4.39 Å². The number of halogens is 1. The number of fused-ring (bicyclic) bond motifs is 2. The molecule has 2 aliphatic heterocycles. The fourth-order valence-corrected chi connectivity index (χ4v) is 4.89. The van der Waals surface area contributed by atoms with Crippen molar-refractivity contribution in [2.24, 2.45) is 0 Å². The Morgan fingerprint density at radius 2 is 1.96 bits per heavy atom. The van der Waals surface area contributed by atoms with E-state index in [1.807, 2.05) is 54.2 Å². The van der Waals surface area contributed by atoms with Gasteiger partial charge in [-0.15, -0.1) is 0 Å². The normalized spacial score (nSPS) is 22.7. The molecule has 1 nitrogen and oxygen atoms in total. The Balaban J connectivity index is 1.49. The Hall–Kier alpha value is -1.74. The van der Waals surface area contributed by atoms with Crippen LogP contribution in [0.5, 0.6) is 5.75 Å². The van der Waals surface area contributed by atoms with E-state index in [1.165, 1.54) is 24.5 Å². The Morgan fingerprint density at radius 1 is 1.09 bits per heavy atom. The van der Waals surface area contributed by atoms with Crippen LogP contribution < -0.4 is 4.74 Å². The molecule has 0 radical (unpaired) electrons. The van der Waals surface area contributed by atoms with Gasteiger partial charge in [0, 0.05) is 22.1 Å². The molecule has 0 aromatic heterocycles. The second-order valence-corrected chi connectivity index (χ2v) is 7.73. The van der Waals surface area contributed by atoms with Crippen LogP contribution in [0.1, 0.15) is 30.4 Å². The molecule has 0 amide bonds. The summed E-state index contributed by atoms with van der Waals surface area (Å²) >= 11 is 2.04. The average Bonchev–Trinajstić information content (AvgIpc) is 2.92. The smallest absolute Gasteiger partial charge is 0.134 e. The minimum absolute atomic E-state index is 0.173. The van der Waals surface area contributed by atoms with E-state index in [0.29, 0.717) is 22.9 Å². The molecule has 4 rings (SSSR count). The van der Waals surface area contributed by atoms with Gasteiger partial charge in [0.25, 0.3) is 0 Å². The van der Waals surface area contributed by atoms with Crippen LogP contribution in [-0.2, 0) is 6.61 Å². The van der Waals surface area contributed by atoms with Crippen molar-refractivity contribution < 1.29 is 9.13 Å². The van der Waals surface area contributed by atoms with Crippen LogP contribution >= 0.6 is 11.8 Å². The third kappa shape index (κ3) is 3.30. The van der Waals surface area contributed by atoms with Crippen molar-refractivity contribution in [3.05, 3.63) is 71.6 Å². The zero-order chi connectivity index (χ0) is 15.6. The number of allylic oxidation sites excluding steroid dienone is 1. The van der Waals surface area contributed by atoms with Crippen LogP contribution in [0.4, 0.5) is 4.39 Å². The fourth-order valence-electron chi connectivity index (χ4n) is 3.33. The van der Waals surface area contributed by atoms with Crippen molar-refractivity contribution in [1.82, 2.24) is 0 Å². The highest BCUT2D eigenvalue weighted by atomic mass is 32.2. The third-order valence-electron chi connectivity index (χ3n) is 4.51. The minimum atomic E-state index is -0.173. The van der Waals surface area contributed by atoms with Gasteiger partial charge >= 0.3 is 0 Å². The van der Waals surface area contributed by atoms with Crippen LogP contribution in [0, 0.1) is 5.82 Å². The van der Waals surface area contributed by atoms with Crippen molar-refractivity contribution in [2.45, 2.75) is 36.4 Å². The van der Waals surface area contributed by atoms with E-state index in [4.69, 9.17) is 4.74 Å². The van der Waals surface area contributed by atoms with Crippen LogP contribution in [-0.4, -0.2) is 10.5 Å². The summed E-state index contributed by atoms with van der Waals surface area (Å²) in [6.07, 6.45) is 5.74. The van der Waals surface area contributed by atoms with E-state index in [1.54, 1.807) is 0 Å². The van der Waals surface area contributed by atoms with Gasteiger partial charge in [0.2, 0.25) is 0 Å². The first-order valence-corrected chi connectivity index (χ1v) is 9.05. The van der Waals surface area contributed by atoms with Gasteiger partial charge < -0.3 is 4.74 Å². The average molecular weight is 326 g/mol. The maximum absolute atomic E-state index is 14.5. The molecule has 2 heterocycles. The Bertz CT molecular complexity index is 726. The lowest BCUT2D eigenvalue weighted by atomic mass is 10.00. The summed E-state index contributed by atoms with van der Waals surface area (Å²) in [6, 6.07) is 15.2. The lowest BCUT2D eigenvalue weighted by Gasteiger charge is -2.20. The summed E-state index contributed by atoms with van der Waals surface area (Å²) in [5.41, 5.74) is 3.00. The van der Waals surface area contributed by atoms with Gasteiger partial charge in [-0.3, -0.25) is 0 Å². The first-order valence-electron chi connectivity index (χ1n) is 8.11. The lowest BCUT2D eigenvalue weighted by Crippen LogP contribution is -2.06. The number of rotatable bonds is 4. The zero-order valence-corrected chi connectivity index (χ0v) is 13.7. The largest absolute Gasteiger partial charge is 0.489 e. The molecule has 1 saturated heterocycles. The molecule has 2 aromatic carbocycles. The quantitative estimate of drug-likeness (QED) is 0.738. The summed E-state index contributed by atoms with van der Waals surface area (Å²) in [6.45, 7) is 0.461. The number of ether oxygens (including phenoxy) is 1. The van der Waals surface area contributed by atoms with Gasteiger partial charge in [0.1, 0.15) is 18.2 Å². The van der Waals surface area contributed by atoms with Crippen molar-refractivity contribution in [2.75, 3.05) is 0 Å². The molecule has 0 aliphatic carbocycles. The molecule has 2 aromatic rings. The molecule has 3 heteroatoms. The highest BCUT2D eigenvalue weighted by Crippen LogP contribution is 2.45. The molecular formula is C20H19FOS. The summed E-state index contributed by atoms with van der Waals surface area (Å²) < 4.78 is 20.2. The Morgan fingerprint density at radius 3 is 2.74 bits per heavy atom. The van der Waals surface area contributed by atoms with E-state index in [9.17, 15) is 4.39 Å². The fraction of sp³-hybridized carbons (Fsp3) is 0.300. The molecule has 23 heavy (non-hydrogen) atoms. The Kier molecular flexibility index (Phi) is 4.13. The van der Waals surface area contributed by atoms with Crippen LogP contribution in [0.25, 0.3) is 5.57 Å². The number of benzene rings is 2. The van der Waals surface area contributed by atoms with E-state index in [2.05, 4.69) is 6.08 Å². The molecule has 2 unspecified atom stereocenters. The van der Waals surface area contributed by atoms with Gasteiger partial charge in [-0.05, 0) is 42.5 Å². The molecule has 118 valence electrons. The molecule has 2 bridgehead atoms. The van der Waals surface area contributed by atoms with E-state index < -0.39 is 0 Å². The lowest BCUT2D eigenvalue weighted by molar-refractivity contribution is 0.304. The van der Waals surface area contributed by atoms with Crippen molar-refractivity contribution in [3.8, 4) is 5.75 Å². The highest BCUT2D eigenvalue weighted by Gasteiger charge is 2.30. The van der Waals surface area contributed by atoms with Crippen molar-refractivity contribution in [1.29, 1.82) is 0 Å². The highest BCUT2D eigenvalue weighted by molar-refractivity contribution is 8.01. The molecule has 2 aliphatic rings. The second-order valence-electron chi connectivity index (χ2n) is 6.19. The molecule has 0 N–H and O–H groups in total. The zero-order valence-electron chi connectivity index (χ0n) is 12.9. The predicted molar refractivity (Wildman–Crippen MR) is 94.2 cm³/mol. The van der Waals surface area contributed by atoms with Gasteiger partial charge in [-0.2, -0.15) is 11.8 Å². The summed E-state index contributed by atoms with van der Waals surface area (Å²) in [4.78, 5) is 0. The monoisotopic (exact) mass is 326 g/mol. The second kappa shape index (κ2) is 6.40. The van der Waals surface area contributed by atoms with Crippen LogP contribution in [0.15, 0.2) is 54.6 Å². The molecular weight excluding hydrogens is 307 g/mol. The van der Waals surface area contributed by atoms with Gasteiger partial charge in [0.15, 0.2) is 0 Å². The number of thioether (sulfide) groups is 1. The van der Waals surface area contributed by atoms with Gasteiger partial charge in [0.05, 0.1) is 0 Å². The van der Waals surface area contributed by atoms with Gasteiger partial charge in [-0.1, -0.05) is 36.4 Å². The summed E-state index contributed by atoms with van der Waals surface area (Å²) in [5.74, 6) is 0.414. The summed E-state index contributed by atoms with van der Waals surface area (Å²) in [5, 5.41) is 1.26. The van der Waals surface area contributed by atoms with Crippen LogP contribution in [0.2, 0.25) is 0 Å². The predicted octanol–water partition coefficient (Wildman–Crippen LogP) is 5.46. The maximum atomic E-state index is 14.5. The number of hydrogen-bond acceptors (Lipinski definition) is 2.